The molecule has 1 aromatic heterocycles. The molecule has 154 valence electrons. The number of nitrogens with zero attached hydrogens (tertiary/aromatic N) is 2. The molecular formula is C22H21ClN4O2S. The van der Waals surface area contributed by atoms with Crippen molar-refractivity contribution in [3.05, 3.63) is 69.6 Å². The van der Waals surface area contributed by atoms with Gasteiger partial charge in [-0.3, -0.25) is 15.0 Å². The van der Waals surface area contributed by atoms with E-state index in [1.54, 1.807) is 40.2 Å². The second-order valence-corrected chi connectivity index (χ2v) is 9.00. The maximum atomic E-state index is 13.0. The summed E-state index contributed by atoms with van der Waals surface area (Å²) < 4.78 is 1.07. The van der Waals surface area contributed by atoms with Gasteiger partial charge in [-0.25, -0.2) is 0 Å². The molecule has 3 aromatic rings. The number of nitrogens with one attached hydrogen (secondary N) is 1. The van der Waals surface area contributed by atoms with Gasteiger partial charge in [0, 0.05) is 26.7 Å². The maximum absolute atomic E-state index is 13.0. The van der Waals surface area contributed by atoms with Crippen LogP contribution in [0.2, 0.25) is 5.02 Å². The van der Waals surface area contributed by atoms with Crippen LogP contribution in [-0.2, 0) is 22.7 Å². The van der Waals surface area contributed by atoms with Crippen LogP contribution in [0.4, 0.5) is 0 Å². The van der Waals surface area contributed by atoms with Crippen LogP contribution in [0.1, 0.15) is 22.9 Å². The average Bonchev–Trinajstić information content (AvgIpc) is 3.11. The SMILES string of the molecule is C[C@H]1C(=O)N(Cc2cc3ccc(Cl)cc3s2)CC(=O)N1Cc1ccc(C(=N)N)cc1. The standard InChI is InChI=1S/C22H21ClN4O2S/c1-13-22(29)26(11-18-8-16-6-7-17(23)9-19(16)30-18)12-20(28)27(13)10-14-2-4-15(5-3-14)21(24)25/h2-9,13H,10-12H2,1H3,(H3,24,25)/t13-/m0/s1. The van der Waals surface area contributed by atoms with Gasteiger partial charge in [0.1, 0.15) is 18.4 Å². The Morgan fingerprint density at radius 3 is 2.60 bits per heavy atom. The summed E-state index contributed by atoms with van der Waals surface area (Å²) >= 11 is 7.65. The molecule has 0 spiro atoms. The molecule has 3 N–H and O–H groups in total. The van der Waals surface area contributed by atoms with Gasteiger partial charge < -0.3 is 15.5 Å². The van der Waals surface area contributed by atoms with Crippen LogP contribution in [0, 0.1) is 5.41 Å². The Bertz CT molecular complexity index is 1140. The topological polar surface area (TPSA) is 90.5 Å². The molecule has 2 aromatic carbocycles. The van der Waals surface area contributed by atoms with Crippen molar-refractivity contribution in [1.29, 1.82) is 5.41 Å². The van der Waals surface area contributed by atoms with Gasteiger partial charge in [-0.05, 0) is 36.1 Å². The monoisotopic (exact) mass is 440 g/mol. The lowest BCUT2D eigenvalue weighted by molar-refractivity contribution is -0.156. The zero-order valence-corrected chi connectivity index (χ0v) is 18.0. The summed E-state index contributed by atoms with van der Waals surface area (Å²) in [6.45, 7) is 2.58. The summed E-state index contributed by atoms with van der Waals surface area (Å²) in [5.74, 6) is -0.148. The van der Waals surface area contributed by atoms with Crippen molar-refractivity contribution in [2.45, 2.75) is 26.1 Å². The minimum atomic E-state index is -0.539. The molecular weight excluding hydrogens is 420 g/mol. The van der Waals surface area contributed by atoms with Crippen molar-refractivity contribution in [2.75, 3.05) is 6.54 Å². The predicted molar refractivity (Wildman–Crippen MR) is 120 cm³/mol. The van der Waals surface area contributed by atoms with Gasteiger partial charge in [-0.1, -0.05) is 41.9 Å². The van der Waals surface area contributed by atoms with Gasteiger partial charge in [0.15, 0.2) is 0 Å². The average molecular weight is 441 g/mol. The Kier molecular flexibility index (Phi) is 5.49. The van der Waals surface area contributed by atoms with E-state index in [1.807, 2.05) is 36.4 Å². The van der Waals surface area contributed by atoms with E-state index in [0.29, 0.717) is 23.7 Å². The van der Waals surface area contributed by atoms with E-state index in [2.05, 4.69) is 0 Å². The number of nitrogen functional groups attached to an aromatic ring is 1. The molecule has 2 heterocycles. The van der Waals surface area contributed by atoms with Gasteiger partial charge in [0.25, 0.3) is 0 Å². The van der Waals surface area contributed by atoms with E-state index in [9.17, 15) is 9.59 Å². The lowest BCUT2D eigenvalue weighted by Gasteiger charge is -2.38. The van der Waals surface area contributed by atoms with Crippen molar-refractivity contribution in [1.82, 2.24) is 9.80 Å². The van der Waals surface area contributed by atoms with E-state index in [-0.39, 0.29) is 24.2 Å². The minimum Gasteiger partial charge on any atom is -0.384 e. The molecule has 1 atom stereocenters. The number of hydrogen-bond acceptors (Lipinski definition) is 4. The molecule has 0 unspecified atom stereocenters. The number of fused-ring (bicyclic) bond motifs is 1. The number of carbonyl (C=O) groups is 2. The van der Waals surface area contributed by atoms with Gasteiger partial charge in [-0.2, -0.15) is 0 Å². The highest BCUT2D eigenvalue weighted by atomic mass is 35.5. The molecule has 0 bridgehead atoms. The first-order chi connectivity index (χ1) is 14.3. The fourth-order valence-electron chi connectivity index (χ4n) is 3.62. The molecule has 0 saturated carbocycles. The first kappa shape index (κ1) is 20.4. The number of halogens is 1. The molecule has 2 amide bonds. The number of benzene rings is 2. The smallest absolute Gasteiger partial charge is 0.245 e. The van der Waals surface area contributed by atoms with Crippen LogP contribution in [0.15, 0.2) is 48.5 Å². The zero-order chi connectivity index (χ0) is 21.4. The summed E-state index contributed by atoms with van der Waals surface area (Å²) in [5.41, 5.74) is 7.00. The van der Waals surface area contributed by atoms with Crippen LogP contribution in [0.5, 0.6) is 0 Å². The Balaban J connectivity index is 1.47. The van der Waals surface area contributed by atoms with Crippen LogP contribution in [0.25, 0.3) is 10.1 Å². The predicted octanol–water partition coefficient (Wildman–Crippen LogP) is 3.60. The molecule has 8 heteroatoms. The molecule has 1 fully saturated rings. The zero-order valence-electron chi connectivity index (χ0n) is 16.4. The fraction of sp³-hybridized carbons (Fsp3) is 0.227. The number of carbonyl (C=O) groups excluding carboxylic acids is 2. The molecule has 0 radical (unpaired) electrons. The van der Waals surface area contributed by atoms with Crippen molar-refractivity contribution >= 4 is 50.7 Å². The van der Waals surface area contributed by atoms with Crippen molar-refractivity contribution < 1.29 is 9.59 Å². The number of nitrogens with two attached hydrogens (primary N) is 1. The largest absolute Gasteiger partial charge is 0.384 e. The van der Waals surface area contributed by atoms with Crippen LogP contribution < -0.4 is 5.73 Å². The van der Waals surface area contributed by atoms with Crippen LogP contribution in [0.3, 0.4) is 0 Å². The minimum absolute atomic E-state index is 0.00158. The molecule has 6 nitrogen and oxygen atoms in total. The number of hydrogen-bond donors (Lipinski definition) is 2. The van der Waals surface area contributed by atoms with Crippen molar-refractivity contribution in [2.24, 2.45) is 5.73 Å². The van der Waals surface area contributed by atoms with Crippen LogP contribution in [-0.4, -0.2) is 40.0 Å². The fourth-order valence-corrected chi connectivity index (χ4v) is 4.97. The Morgan fingerprint density at radius 2 is 1.90 bits per heavy atom. The van der Waals surface area contributed by atoms with E-state index in [0.717, 1.165) is 20.5 Å². The molecule has 30 heavy (non-hydrogen) atoms. The number of amides is 2. The van der Waals surface area contributed by atoms with Gasteiger partial charge >= 0.3 is 0 Å². The van der Waals surface area contributed by atoms with Gasteiger partial charge in [0.05, 0.1) is 6.54 Å². The normalized spacial score (nSPS) is 17.1. The summed E-state index contributed by atoms with van der Waals surface area (Å²) in [4.78, 5) is 30.0. The molecule has 1 aliphatic heterocycles. The second kappa shape index (κ2) is 8.08. The Morgan fingerprint density at radius 1 is 1.17 bits per heavy atom. The lowest BCUT2D eigenvalue weighted by Crippen LogP contribution is -2.57. The third-order valence-corrected chi connectivity index (χ3v) is 6.60. The summed E-state index contributed by atoms with van der Waals surface area (Å²) in [5, 5.41) is 9.23. The number of piperazine rings is 1. The Hall–Kier alpha value is -2.90. The van der Waals surface area contributed by atoms with Crippen molar-refractivity contribution in [3.63, 3.8) is 0 Å². The van der Waals surface area contributed by atoms with Gasteiger partial charge in [0.2, 0.25) is 11.8 Å². The maximum Gasteiger partial charge on any atom is 0.245 e. The first-order valence-electron chi connectivity index (χ1n) is 9.51. The summed E-state index contributed by atoms with van der Waals surface area (Å²) in [6.07, 6.45) is 0. The number of thiophene rings is 1. The van der Waals surface area contributed by atoms with Crippen molar-refractivity contribution in [3.8, 4) is 0 Å². The number of amidine groups is 1. The highest BCUT2D eigenvalue weighted by Gasteiger charge is 2.36. The molecule has 1 saturated heterocycles. The second-order valence-electron chi connectivity index (χ2n) is 7.40. The molecule has 0 aliphatic carbocycles. The summed E-state index contributed by atoms with van der Waals surface area (Å²) in [7, 11) is 0. The number of rotatable bonds is 5. The quantitative estimate of drug-likeness (QED) is 0.469. The third-order valence-electron chi connectivity index (χ3n) is 5.28. The highest BCUT2D eigenvalue weighted by molar-refractivity contribution is 7.19. The third kappa shape index (κ3) is 4.04. The van der Waals surface area contributed by atoms with E-state index in [1.165, 1.54) is 0 Å². The van der Waals surface area contributed by atoms with E-state index >= 15 is 0 Å². The summed E-state index contributed by atoms with van der Waals surface area (Å²) in [6, 6.07) is 14.4. The van der Waals surface area contributed by atoms with E-state index < -0.39 is 6.04 Å². The molecule has 1 aliphatic rings. The molecule has 4 rings (SSSR count). The van der Waals surface area contributed by atoms with Crippen LogP contribution >= 0.6 is 22.9 Å². The first-order valence-corrected chi connectivity index (χ1v) is 10.7. The van der Waals surface area contributed by atoms with E-state index in [4.69, 9.17) is 22.7 Å². The van der Waals surface area contributed by atoms with Gasteiger partial charge in [-0.15, -0.1) is 11.3 Å². The highest BCUT2D eigenvalue weighted by Crippen LogP contribution is 2.30. The lowest BCUT2D eigenvalue weighted by atomic mass is 10.1. The Labute approximate surface area is 183 Å².